The van der Waals surface area contributed by atoms with E-state index in [1.54, 1.807) is 23.0 Å². The fourth-order valence-electron chi connectivity index (χ4n) is 2.71. The van der Waals surface area contributed by atoms with E-state index >= 15 is 0 Å². The summed E-state index contributed by atoms with van der Waals surface area (Å²) in [5, 5.41) is 15.0. The van der Waals surface area contributed by atoms with E-state index in [0.29, 0.717) is 23.0 Å². The molecule has 0 bridgehead atoms. The summed E-state index contributed by atoms with van der Waals surface area (Å²) in [6, 6.07) is 3.22. The number of pyridine rings is 1. The van der Waals surface area contributed by atoms with Crippen LogP contribution in [0.3, 0.4) is 0 Å². The molecule has 0 radical (unpaired) electrons. The van der Waals surface area contributed by atoms with Gasteiger partial charge in [0.2, 0.25) is 11.6 Å². The number of Topliss-reactive ketones (excluding diaryl/α,β-unsaturated/α-hetero) is 1. The third-order valence-electron chi connectivity index (χ3n) is 3.97. The van der Waals surface area contributed by atoms with Gasteiger partial charge in [0.15, 0.2) is 5.82 Å². The van der Waals surface area contributed by atoms with Crippen LogP contribution < -0.4 is 0 Å². The molecule has 2 aromatic rings. The maximum atomic E-state index is 12.1. The Morgan fingerprint density at radius 1 is 1.43 bits per heavy atom. The minimum absolute atomic E-state index is 0.0324. The first-order valence-electron chi connectivity index (χ1n) is 6.94. The Labute approximate surface area is 125 Å². The molecule has 4 rings (SSSR count). The van der Waals surface area contributed by atoms with Crippen molar-refractivity contribution in [3.63, 3.8) is 0 Å². The van der Waals surface area contributed by atoms with Crippen molar-refractivity contribution in [1.82, 2.24) is 19.7 Å². The summed E-state index contributed by atoms with van der Waals surface area (Å²) in [5.41, 5.74) is 0.646. The number of nitrogens with zero attached hydrogens (tertiary/aromatic N) is 4. The first-order valence-corrected chi connectivity index (χ1v) is 7.32. The molecule has 7 heteroatoms. The van der Waals surface area contributed by atoms with Gasteiger partial charge < -0.3 is 5.11 Å². The highest BCUT2D eigenvalue weighted by Gasteiger charge is 2.39. The maximum absolute atomic E-state index is 12.1. The number of halogens is 1. The molecule has 1 fully saturated rings. The third kappa shape index (κ3) is 2.06. The zero-order chi connectivity index (χ0) is 14.6. The number of hydrogen-bond acceptors (Lipinski definition) is 5. The fraction of sp³-hybridized carbons (Fsp3) is 0.429. The van der Waals surface area contributed by atoms with Gasteiger partial charge in [-0.05, 0) is 25.0 Å². The van der Waals surface area contributed by atoms with Gasteiger partial charge in [0.1, 0.15) is 12.1 Å². The maximum Gasteiger partial charge on any atom is 0.217 e. The molecule has 6 nitrogen and oxygen atoms in total. The summed E-state index contributed by atoms with van der Waals surface area (Å²) in [4.78, 5) is 20.6. The van der Waals surface area contributed by atoms with E-state index in [9.17, 15) is 9.90 Å². The molecule has 1 aliphatic carbocycles. The summed E-state index contributed by atoms with van der Waals surface area (Å²) >= 11 is 6.18. The molecular formula is C14H13ClN4O2. The van der Waals surface area contributed by atoms with Crippen molar-refractivity contribution in [3.8, 4) is 0 Å². The quantitative estimate of drug-likeness (QED) is 0.877. The topological polar surface area (TPSA) is 80.9 Å². The number of aliphatic hydroxyl groups is 1. The van der Waals surface area contributed by atoms with E-state index in [0.717, 1.165) is 12.8 Å². The van der Waals surface area contributed by atoms with Gasteiger partial charge in [0, 0.05) is 18.5 Å². The number of hydrogen-bond donors (Lipinski definition) is 1. The number of aliphatic hydroxyl groups excluding tert-OH is 1. The monoisotopic (exact) mass is 304 g/mol. The van der Waals surface area contributed by atoms with Gasteiger partial charge in [-0.1, -0.05) is 11.6 Å². The van der Waals surface area contributed by atoms with Crippen LogP contribution in [0.1, 0.15) is 53.5 Å². The minimum atomic E-state index is -0.749. The highest BCUT2D eigenvalue weighted by atomic mass is 35.5. The summed E-state index contributed by atoms with van der Waals surface area (Å²) in [6.07, 6.45) is 3.13. The van der Waals surface area contributed by atoms with Gasteiger partial charge in [0.05, 0.1) is 10.7 Å². The molecule has 1 N–H and O–H groups in total. The summed E-state index contributed by atoms with van der Waals surface area (Å²) in [5.74, 6) is 0.645. The standard InChI is InChI=1S/C14H13ClN4O2/c15-8-2-1-5-16-11(8)9-6-10(20)14-17-13(18-19(9)14)12(21)7-3-4-7/h1-2,5,7,9-10,20H,3-4,6H2/t9-,10+/m0/s1. The Bertz CT molecular complexity index is 726. The fourth-order valence-corrected chi connectivity index (χ4v) is 2.96. The molecule has 0 saturated heterocycles. The number of fused-ring (bicyclic) bond motifs is 1. The van der Waals surface area contributed by atoms with Crippen LogP contribution in [0, 0.1) is 5.92 Å². The molecule has 3 heterocycles. The molecule has 21 heavy (non-hydrogen) atoms. The molecule has 0 spiro atoms. The van der Waals surface area contributed by atoms with Crippen molar-refractivity contribution in [1.29, 1.82) is 0 Å². The molecule has 2 atom stereocenters. The van der Waals surface area contributed by atoms with Gasteiger partial charge in [0.25, 0.3) is 0 Å². The lowest BCUT2D eigenvalue weighted by molar-refractivity contribution is 0.0956. The van der Waals surface area contributed by atoms with Gasteiger partial charge >= 0.3 is 0 Å². The van der Waals surface area contributed by atoms with Crippen LogP contribution in [0.2, 0.25) is 5.02 Å². The van der Waals surface area contributed by atoms with E-state index in [-0.39, 0.29) is 23.6 Å². The second-order valence-corrected chi connectivity index (χ2v) is 5.92. The zero-order valence-corrected chi connectivity index (χ0v) is 11.9. The molecule has 2 aliphatic rings. The van der Waals surface area contributed by atoms with E-state index in [1.807, 2.05) is 0 Å². The molecule has 0 amide bonds. The number of aromatic nitrogens is 4. The number of ketones is 1. The second-order valence-electron chi connectivity index (χ2n) is 5.51. The molecule has 2 aromatic heterocycles. The van der Waals surface area contributed by atoms with Crippen molar-refractivity contribution >= 4 is 17.4 Å². The van der Waals surface area contributed by atoms with Gasteiger partial charge in [-0.3, -0.25) is 9.78 Å². The third-order valence-corrected chi connectivity index (χ3v) is 4.29. The average molecular weight is 305 g/mol. The van der Waals surface area contributed by atoms with Crippen molar-refractivity contribution in [2.24, 2.45) is 5.92 Å². The lowest BCUT2D eigenvalue weighted by atomic mass is 10.1. The number of carbonyl (C=O) groups excluding carboxylic acids is 1. The van der Waals surface area contributed by atoms with E-state index in [4.69, 9.17) is 11.6 Å². The Morgan fingerprint density at radius 3 is 2.95 bits per heavy atom. The molecule has 0 aromatic carbocycles. The highest BCUT2D eigenvalue weighted by Crippen LogP contribution is 2.39. The van der Waals surface area contributed by atoms with Crippen LogP contribution in [0.15, 0.2) is 18.3 Å². The van der Waals surface area contributed by atoms with Gasteiger partial charge in [-0.15, -0.1) is 5.10 Å². The normalized spacial score (nSPS) is 24.1. The first kappa shape index (κ1) is 12.9. The average Bonchev–Trinajstić information content (AvgIpc) is 3.15. The van der Waals surface area contributed by atoms with Crippen LogP contribution in [0.5, 0.6) is 0 Å². The van der Waals surface area contributed by atoms with Crippen LogP contribution in [-0.2, 0) is 0 Å². The van der Waals surface area contributed by atoms with Gasteiger partial charge in [-0.2, -0.15) is 0 Å². The molecular weight excluding hydrogens is 292 g/mol. The number of carbonyl (C=O) groups is 1. The summed E-state index contributed by atoms with van der Waals surface area (Å²) in [6.45, 7) is 0. The minimum Gasteiger partial charge on any atom is -0.385 e. The SMILES string of the molecule is O=C(c1nc2n(n1)[C@H](c1ncccc1Cl)C[C@H]2O)C1CC1. The summed E-state index contributed by atoms with van der Waals surface area (Å²) in [7, 11) is 0. The first-order chi connectivity index (χ1) is 10.1. The van der Waals surface area contributed by atoms with E-state index < -0.39 is 6.10 Å². The predicted molar refractivity (Wildman–Crippen MR) is 74.0 cm³/mol. The van der Waals surface area contributed by atoms with Crippen LogP contribution in [-0.4, -0.2) is 30.6 Å². The largest absolute Gasteiger partial charge is 0.385 e. The molecule has 0 unspecified atom stereocenters. The zero-order valence-electron chi connectivity index (χ0n) is 11.1. The van der Waals surface area contributed by atoms with Crippen molar-refractivity contribution in [3.05, 3.63) is 40.7 Å². The molecule has 1 saturated carbocycles. The second kappa shape index (κ2) is 4.61. The Morgan fingerprint density at radius 2 is 2.24 bits per heavy atom. The lowest BCUT2D eigenvalue weighted by Gasteiger charge is -2.12. The predicted octanol–water partition coefficient (Wildman–Crippen LogP) is 1.95. The van der Waals surface area contributed by atoms with Crippen LogP contribution in [0.25, 0.3) is 0 Å². The Kier molecular flexibility index (Phi) is 2.83. The van der Waals surface area contributed by atoms with Crippen molar-refractivity contribution < 1.29 is 9.90 Å². The molecule has 1 aliphatic heterocycles. The Balaban J connectivity index is 1.75. The molecule has 108 valence electrons. The van der Waals surface area contributed by atoms with Crippen molar-refractivity contribution in [2.75, 3.05) is 0 Å². The summed E-state index contributed by atoms with van der Waals surface area (Å²) < 4.78 is 1.59. The smallest absolute Gasteiger partial charge is 0.217 e. The van der Waals surface area contributed by atoms with E-state index in [2.05, 4.69) is 15.1 Å². The van der Waals surface area contributed by atoms with Crippen molar-refractivity contribution in [2.45, 2.75) is 31.4 Å². The van der Waals surface area contributed by atoms with Crippen LogP contribution >= 0.6 is 11.6 Å². The van der Waals surface area contributed by atoms with Gasteiger partial charge in [-0.25, -0.2) is 9.67 Å². The Hall–Kier alpha value is -1.79. The van der Waals surface area contributed by atoms with E-state index in [1.165, 1.54) is 0 Å². The lowest BCUT2D eigenvalue weighted by Crippen LogP contribution is -2.12. The number of rotatable bonds is 3. The highest BCUT2D eigenvalue weighted by molar-refractivity contribution is 6.31. The van der Waals surface area contributed by atoms with Crippen LogP contribution in [0.4, 0.5) is 0 Å².